The standard InChI is InChI=1S/C35H45ClFN5O/c1-3-25(38)11-4-5-18-40-34(41-19-7-15-35-16-8-20-42(35)21-9-17-35)28-14-13-27(32(37)33(28)39-2)29-23-26(43)22-24-10-6-12-30(36)31(24)29/h6,10,12-14,22-23,25,43H,2-5,7-9,11,15-21,38H2,1H3,(H,40,41). The molecule has 8 heteroatoms. The summed E-state index contributed by atoms with van der Waals surface area (Å²) in [6.45, 7) is 9.64. The summed E-state index contributed by atoms with van der Waals surface area (Å²) in [6.07, 6.45) is 11.2. The number of rotatable bonds is 13. The first-order valence-electron chi connectivity index (χ1n) is 15.9. The zero-order valence-electron chi connectivity index (χ0n) is 25.3. The van der Waals surface area contributed by atoms with Gasteiger partial charge in [0.1, 0.15) is 17.3 Å². The summed E-state index contributed by atoms with van der Waals surface area (Å²) in [5, 5.41) is 15.8. The van der Waals surface area contributed by atoms with Crippen molar-refractivity contribution < 1.29 is 9.50 Å². The number of aromatic hydroxyl groups is 1. The van der Waals surface area contributed by atoms with Crippen LogP contribution in [0, 0.1) is 5.82 Å². The summed E-state index contributed by atoms with van der Waals surface area (Å²) in [7, 11) is 0. The van der Waals surface area contributed by atoms with Gasteiger partial charge in [-0.05, 0) is 113 Å². The van der Waals surface area contributed by atoms with Crippen LogP contribution in [0.4, 0.5) is 10.1 Å². The van der Waals surface area contributed by atoms with Crippen molar-refractivity contribution in [3.8, 4) is 16.9 Å². The van der Waals surface area contributed by atoms with Crippen LogP contribution < -0.4 is 11.1 Å². The number of hydrogen-bond acceptors (Lipinski definition) is 5. The highest BCUT2D eigenvalue weighted by molar-refractivity contribution is 6.36. The summed E-state index contributed by atoms with van der Waals surface area (Å²) >= 11 is 6.56. The van der Waals surface area contributed by atoms with E-state index in [4.69, 9.17) is 22.3 Å². The number of hydrogen-bond donors (Lipinski definition) is 3. The lowest BCUT2D eigenvalue weighted by molar-refractivity contribution is 0.180. The van der Waals surface area contributed by atoms with Gasteiger partial charge in [-0.25, -0.2) is 4.39 Å². The second kappa shape index (κ2) is 14.2. The van der Waals surface area contributed by atoms with E-state index in [1.165, 1.54) is 38.8 Å². The number of amidine groups is 1. The van der Waals surface area contributed by atoms with E-state index in [1.807, 2.05) is 18.2 Å². The van der Waals surface area contributed by atoms with Crippen molar-refractivity contribution in [3.05, 3.63) is 58.9 Å². The Morgan fingerprint density at radius 3 is 2.67 bits per heavy atom. The Kier molecular flexibility index (Phi) is 10.4. The van der Waals surface area contributed by atoms with Crippen molar-refractivity contribution in [2.24, 2.45) is 15.7 Å². The van der Waals surface area contributed by atoms with Crippen molar-refractivity contribution in [2.75, 3.05) is 26.2 Å². The molecule has 3 aromatic carbocycles. The number of phenols is 1. The van der Waals surface area contributed by atoms with Gasteiger partial charge in [0.25, 0.3) is 0 Å². The van der Waals surface area contributed by atoms with Crippen LogP contribution in [-0.4, -0.2) is 60.3 Å². The number of aliphatic imine (C=N–C) groups is 2. The third-order valence-electron chi connectivity index (χ3n) is 9.43. The summed E-state index contributed by atoms with van der Waals surface area (Å²) in [5.41, 5.74) is 7.99. The topological polar surface area (TPSA) is 86.2 Å². The molecular formula is C35H45ClFN5O. The van der Waals surface area contributed by atoms with Crippen LogP contribution in [0.3, 0.4) is 0 Å². The lowest BCUT2D eigenvalue weighted by atomic mass is 9.89. The first-order chi connectivity index (χ1) is 20.9. The molecule has 2 aliphatic rings. The minimum atomic E-state index is -0.519. The highest BCUT2D eigenvalue weighted by Gasteiger charge is 2.43. The third kappa shape index (κ3) is 6.89. The van der Waals surface area contributed by atoms with Crippen LogP contribution >= 0.6 is 11.6 Å². The van der Waals surface area contributed by atoms with Gasteiger partial charge in [0.15, 0.2) is 5.82 Å². The normalized spacial score (nSPS) is 17.3. The van der Waals surface area contributed by atoms with Gasteiger partial charge in [-0.15, -0.1) is 0 Å². The van der Waals surface area contributed by atoms with Crippen molar-refractivity contribution in [1.29, 1.82) is 0 Å². The molecule has 1 atom stereocenters. The molecule has 0 aromatic heterocycles. The first kappa shape index (κ1) is 31.4. The minimum absolute atomic E-state index is 0.0376. The minimum Gasteiger partial charge on any atom is -0.508 e. The number of nitrogens with one attached hydrogen (secondary N) is 1. The predicted octanol–water partition coefficient (Wildman–Crippen LogP) is 7.99. The molecule has 0 aliphatic carbocycles. The number of nitrogens with zero attached hydrogens (tertiary/aromatic N) is 3. The summed E-state index contributed by atoms with van der Waals surface area (Å²) in [5.74, 6) is 0.156. The summed E-state index contributed by atoms with van der Waals surface area (Å²) < 4.78 is 16.3. The van der Waals surface area contributed by atoms with E-state index in [0.717, 1.165) is 43.9 Å². The van der Waals surface area contributed by atoms with Gasteiger partial charge in [0, 0.05) is 46.2 Å². The fourth-order valence-corrected chi connectivity index (χ4v) is 7.39. The van der Waals surface area contributed by atoms with Crippen LogP contribution in [0.1, 0.15) is 76.7 Å². The third-order valence-corrected chi connectivity index (χ3v) is 9.75. The van der Waals surface area contributed by atoms with Crippen LogP contribution in [0.5, 0.6) is 5.75 Å². The quantitative estimate of drug-likeness (QED) is 0.105. The first-order valence-corrected chi connectivity index (χ1v) is 16.2. The molecule has 2 heterocycles. The van der Waals surface area contributed by atoms with Gasteiger partial charge in [-0.2, -0.15) is 0 Å². The van der Waals surface area contributed by atoms with E-state index in [-0.39, 0.29) is 17.5 Å². The Bertz CT molecular complexity index is 1460. The molecule has 0 radical (unpaired) electrons. The highest BCUT2D eigenvalue weighted by Crippen LogP contribution is 2.43. The molecule has 2 aliphatic heterocycles. The lowest BCUT2D eigenvalue weighted by Crippen LogP contribution is -2.38. The van der Waals surface area contributed by atoms with E-state index in [2.05, 4.69) is 28.9 Å². The molecule has 43 heavy (non-hydrogen) atoms. The molecule has 4 N–H and O–H groups in total. The second-order valence-corrected chi connectivity index (χ2v) is 12.6. The molecule has 0 bridgehead atoms. The van der Waals surface area contributed by atoms with Crippen molar-refractivity contribution in [2.45, 2.75) is 82.7 Å². The average molecular weight is 606 g/mol. The molecule has 230 valence electrons. The smallest absolute Gasteiger partial charge is 0.157 e. The molecule has 0 amide bonds. The number of fused-ring (bicyclic) bond motifs is 2. The van der Waals surface area contributed by atoms with Gasteiger partial charge in [-0.1, -0.05) is 43.1 Å². The molecule has 0 saturated carbocycles. The van der Waals surface area contributed by atoms with Crippen molar-refractivity contribution >= 4 is 40.6 Å². The lowest BCUT2D eigenvalue weighted by Gasteiger charge is -2.32. The van der Waals surface area contributed by atoms with Crippen molar-refractivity contribution in [1.82, 2.24) is 10.2 Å². The SMILES string of the molecule is C=Nc1c(C(=NCCCC23CCCN2CCC3)NCCCCC(N)CC)ccc(-c2cc(O)cc3cccc(Cl)c23)c1F. The summed E-state index contributed by atoms with van der Waals surface area (Å²) in [4.78, 5) is 11.8. The zero-order chi connectivity index (χ0) is 30.4. The Hall–Kier alpha value is -3.00. The number of halogens is 2. The molecule has 5 rings (SSSR count). The van der Waals surface area contributed by atoms with Crippen LogP contribution in [0.25, 0.3) is 21.9 Å². The van der Waals surface area contributed by atoms with E-state index in [0.29, 0.717) is 51.6 Å². The molecular weight excluding hydrogens is 561 g/mol. The fourth-order valence-electron chi connectivity index (χ4n) is 7.11. The Morgan fingerprint density at radius 1 is 1.14 bits per heavy atom. The maximum absolute atomic E-state index is 16.3. The Balaban J connectivity index is 1.42. The monoisotopic (exact) mass is 605 g/mol. The Labute approximate surface area is 260 Å². The summed E-state index contributed by atoms with van der Waals surface area (Å²) in [6, 6.07) is 12.4. The molecule has 0 spiro atoms. The Morgan fingerprint density at radius 2 is 1.93 bits per heavy atom. The number of benzene rings is 3. The second-order valence-electron chi connectivity index (χ2n) is 12.2. The fraction of sp³-hybridized carbons (Fsp3) is 0.486. The van der Waals surface area contributed by atoms with E-state index >= 15 is 4.39 Å². The maximum Gasteiger partial charge on any atom is 0.157 e. The van der Waals surface area contributed by atoms with E-state index in [9.17, 15) is 5.11 Å². The molecule has 2 saturated heterocycles. The molecule has 6 nitrogen and oxygen atoms in total. The molecule has 2 fully saturated rings. The molecule has 3 aromatic rings. The predicted molar refractivity (Wildman–Crippen MR) is 179 cm³/mol. The van der Waals surface area contributed by atoms with E-state index < -0.39 is 5.82 Å². The zero-order valence-corrected chi connectivity index (χ0v) is 26.1. The largest absolute Gasteiger partial charge is 0.508 e. The van der Waals surface area contributed by atoms with Crippen LogP contribution in [-0.2, 0) is 0 Å². The maximum atomic E-state index is 16.3. The van der Waals surface area contributed by atoms with Crippen molar-refractivity contribution in [3.63, 3.8) is 0 Å². The highest BCUT2D eigenvalue weighted by atomic mass is 35.5. The van der Waals surface area contributed by atoms with E-state index in [1.54, 1.807) is 24.3 Å². The van der Waals surface area contributed by atoms with Gasteiger partial charge in [0.2, 0.25) is 0 Å². The van der Waals surface area contributed by atoms with Gasteiger partial charge >= 0.3 is 0 Å². The van der Waals surface area contributed by atoms with Gasteiger partial charge in [-0.3, -0.25) is 14.9 Å². The van der Waals surface area contributed by atoms with Crippen LogP contribution in [0.2, 0.25) is 5.02 Å². The molecule has 1 unspecified atom stereocenters. The number of phenolic OH excluding ortho intramolecular Hbond substituents is 1. The number of unbranched alkanes of at least 4 members (excludes halogenated alkanes) is 1. The van der Waals surface area contributed by atoms with Crippen LogP contribution in [0.15, 0.2) is 52.4 Å². The van der Waals surface area contributed by atoms with Gasteiger partial charge in [0.05, 0.1) is 0 Å². The van der Waals surface area contributed by atoms with Gasteiger partial charge < -0.3 is 16.2 Å². The average Bonchev–Trinajstić information content (AvgIpc) is 3.58. The number of nitrogens with two attached hydrogens (primary N) is 1.